The van der Waals surface area contributed by atoms with Crippen LogP contribution in [-0.4, -0.2) is 60.6 Å². The summed E-state index contributed by atoms with van der Waals surface area (Å²) >= 11 is 0. The number of rotatable bonds is 2. The minimum Gasteiger partial charge on any atom is -0.466 e. The largest absolute Gasteiger partial charge is 0.466 e. The fraction of sp³-hybridized carbons (Fsp3) is 0.722. The maximum Gasteiger partial charge on any atom is 0.257 e. The maximum absolute atomic E-state index is 12.8. The lowest BCUT2D eigenvalue weighted by Gasteiger charge is -2.41. The quantitative estimate of drug-likeness (QED) is 0.840. The molecule has 0 spiro atoms. The third-order valence-electron chi connectivity index (χ3n) is 5.32. The molecule has 1 amide bonds. The van der Waals surface area contributed by atoms with Crippen LogP contribution in [0, 0.1) is 20.8 Å². The highest BCUT2D eigenvalue weighted by molar-refractivity contribution is 5.96. The van der Waals surface area contributed by atoms with E-state index in [1.807, 2.05) is 25.7 Å². The molecule has 5 heteroatoms. The Labute approximate surface area is 138 Å². The van der Waals surface area contributed by atoms with E-state index in [-0.39, 0.29) is 5.91 Å². The van der Waals surface area contributed by atoms with Gasteiger partial charge in [0.2, 0.25) is 0 Å². The SMILES string of the molecule is Cc1oc(C)c(C(=O)N2CCC(N3CCO[C@@H](C)C3)CC2)c1C. The number of hydrogen-bond donors (Lipinski definition) is 0. The summed E-state index contributed by atoms with van der Waals surface area (Å²) in [6.45, 7) is 12.4. The van der Waals surface area contributed by atoms with Crippen LogP contribution in [0.3, 0.4) is 0 Å². The van der Waals surface area contributed by atoms with Gasteiger partial charge < -0.3 is 14.1 Å². The van der Waals surface area contributed by atoms with Crippen LogP contribution in [0.2, 0.25) is 0 Å². The highest BCUT2D eigenvalue weighted by Gasteiger charge is 2.31. The van der Waals surface area contributed by atoms with Crippen LogP contribution in [0.4, 0.5) is 0 Å². The topological polar surface area (TPSA) is 45.9 Å². The third kappa shape index (κ3) is 3.31. The number of carbonyl (C=O) groups excluding carboxylic acids is 1. The summed E-state index contributed by atoms with van der Waals surface area (Å²) in [4.78, 5) is 17.3. The number of hydrogen-bond acceptors (Lipinski definition) is 4. The molecule has 2 fully saturated rings. The van der Waals surface area contributed by atoms with Gasteiger partial charge in [-0.2, -0.15) is 0 Å². The van der Waals surface area contributed by atoms with E-state index in [1.54, 1.807) is 0 Å². The first kappa shape index (κ1) is 16.5. The van der Waals surface area contributed by atoms with Crippen molar-refractivity contribution in [1.29, 1.82) is 0 Å². The van der Waals surface area contributed by atoms with E-state index >= 15 is 0 Å². The van der Waals surface area contributed by atoms with Gasteiger partial charge >= 0.3 is 0 Å². The second kappa shape index (κ2) is 6.65. The van der Waals surface area contributed by atoms with Crippen molar-refractivity contribution in [3.05, 3.63) is 22.6 Å². The second-order valence-corrected chi connectivity index (χ2v) is 6.91. The van der Waals surface area contributed by atoms with Crippen molar-refractivity contribution in [2.45, 2.75) is 52.7 Å². The van der Waals surface area contributed by atoms with Crippen molar-refractivity contribution >= 4 is 5.91 Å². The summed E-state index contributed by atoms with van der Waals surface area (Å²) in [7, 11) is 0. The highest BCUT2D eigenvalue weighted by Crippen LogP contribution is 2.25. The lowest BCUT2D eigenvalue weighted by atomic mass is 10.0. The summed E-state index contributed by atoms with van der Waals surface area (Å²) in [6, 6.07) is 0.582. The van der Waals surface area contributed by atoms with Crippen molar-refractivity contribution in [1.82, 2.24) is 9.80 Å². The molecule has 1 atom stereocenters. The Morgan fingerprint density at radius 1 is 1.09 bits per heavy atom. The lowest BCUT2D eigenvalue weighted by Crippen LogP contribution is -2.51. The summed E-state index contributed by atoms with van der Waals surface area (Å²) in [6.07, 6.45) is 2.42. The molecule has 0 bridgehead atoms. The molecule has 23 heavy (non-hydrogen) atoms. The van der Waals surface area contributed by atoms with Gasteiger partial charge in [0, 0.05) is 37.8 Å². The number of carbonyl (C=O) groups is 1. The monoisotopic (exact) mass is 320 g/mol. The van der Waals surface area contributed by atoms with Crippen LogP contribution in [0.15, 0.2) is 4.42 Å². The summed E-state index contributed by atoms with van der Waals surface area (Å²) < 4.78 is 11.2. The molecule has 3 rings (SSSR count). The highest BCUT2D eigenvalue weighted by atomic mass is 16.5. The Morgan fingerprint density at radius 2 is 1.78 bits per heavy atom. The summed E-state index contributed by atoms with van der Waals surface area (Å²) in [5.41, 5.74) is 1.75. The lowest BCUT2D eigenvalue weighted by molar-refractivity contribution is -0.0423. The smallest absolute Gasteiger partial charge is 0.257 e. The average molecular weight is 320 g/mol. The molecule has 3 heterocycles. The van der Waals surface area contributed by atoms with Crippen LogP contribution >= 0.6 is 0 Å². The van der Waals surface area contributed by atoms with Gasteiger partial charge in [0.1, 0.15) is 11.5 Å². The third-order valence-corrected chi connectivity index (χ3v) is 5.32. The molecule has 2 aliphatic heterocycles. The number of piperidine rings is 1. The summed E-state index contributed by atoms with van der Waals surface area (Å²) in [5.74, 6) is 1.72. The first-order chi connectivity index (χ1) is 11.0. The van der Waals surface area contributed by atoms with Gasteiger partial charge in [-0.1, -0.05) is 0 Å². The van der Waals surface area contributed by atoms with Crippen molar-refractivity contribution < 1.29 is 13.9 Å². The molecule has 2 aliphatic rings. The molecule has 1 aromatic heterocycles. The molecule has 1 aromatic rings. The Kier molecular flexibility index (Phi) is 4.78. The number of ether oxygens (including phenoxy) is 1. The molecular formula is C18H28N2O3. The van der Waals surface area contributed by atoms with E-state index in [0.717, 1.165) is 68.3 Å². The number of nitrogens with zero attached hydrogens (tertiary/aromatic N) is 2. The standard InChI is InChI=1S/C18H28N2O3/c1-12-11-20(9-10-22-12)16-5-7-19(8-6-16)18(21)17-13(2)14(3)23-15(17)4/h12,16H,5-11H2,1-4H3/t12-/m0/s1. The van der Waals surface area contributed by atoms with Gasteiger partial charge in [-0.15, -0.1) is 0 Å². The van der Waals surface area contributed by atoms with Crippen molar-refractivity contribution in [3.63, 3.8) is 0 Å². The Hall–Kier alpha value is -1.33. The predicted molar refractivity (Wildman–Crippen MR) is 88.8 cm³/mol. The van der Waals surface area contributed by atoms with Gasteiger partial charge in [0.25, 0.3) is 5.91 Å². The Balaban J connectivity index is 1.61. The molecule has 5 nitrogen and oxygen atoms in total. The molecular weight excluding hydrogens is 292 g/mol. The number of aryl methyl sites for hydroxylation is 2. The number of furan rings is 1. The van der Waals surface area contributed by atoms with Crippen molar-refractivity contribution in [2.24, 2.45) is 0 Å². The maximum atomic E-state index is 12.8. The van der Waals surface area contributed by atoms with Gasteiger partial charge in [0.05, 0.1) is 18.3 Å². The Morgan fingerprint density at radius 3 is 2.35 bits per heavy atom. The molecule has 0 unspecified atom stereocenters. The van der Waals surface area contributed by atoms with Crippen LogP contribution in [-0.2, 0) is 4.74 Å². The minimum absolute atomic E-state index is 0.130. The van der Waals surface area contributed by atoms with Crippen LogP contribution in [0.25, 0.3) is 0 Å². The zero-order valence-electron chi connectivity index (χ0n) is 14.7. The molecule has 0 aromatic carbocycles. The molecule has 128 valence electrons. The van der Waals surface area contributed by atoms with E-state index in [4.69, 9.17) is 9.15 Å². The normalized spacial score (nSPS) is 24.2. The molecule has 0 radical (unpaired) electrons. The van der Waals surface area contributed by atoms with E-state index in [1.165, 1.54) is 0 Å². The molecule has 0 aliphatic carbocycles. The molecule has 0 saturated carbocycles. The van der Waals surface area contributed by atoms with Gasteiger partial charge in [-0.3, -0.25) is 9.69 Å². The van der Waals surface area contributed by atoms with Gasteiger partial charge in [-0.05, 0) is 40.5 Å². The Bertz CT molecular complexity index is 573. The first-order valence-electron chi connectivity index (χ1n) is 8.69. The first-order valence-corrected chi connectivity index (χ1v) is 8.69. The van der Waals surface area contributed by atoms with Gasteiger partial charge in [0.15, 0.2) is 0 Å². The average Bonchev–Trinajstić information content (AvgIpc) is 2.79. The zero-order chi connectivity index (χ0) is 16.6. The van der Waals surface area contributed by atoms with Crippen LogP contribution in [0.5, 0.6) is 0 Å². The van der Waals surface area contributed by atoms with Crippen LogP contribution < -0.4 is 0 Å². The molecule has 0 N–H and O–H groups in total. The fourth-order valence-corrected chi connectivity index (χ4v) is 3.88. The number of amides is 1. The van der Waals surface area contributed by atoms with E-state index in [0.29, 0.717) is 12.1 Å². The second-order valence-electron chi connectivity index (χ2n) is 6.91. The number of morpholine rings is 1. The molecule has 2 saturated heterocycles. The van der Waals surface area contributed by atoms with E-state index < -0.39 is 0 Å². The van der Waals surface area contributed by atoms with E-state index in [9.17, 15) is 4.79 Å². The van der Waals surface area contributed by atoms with Crippen LogP contribution in [0.1, 0.15) is 47.2 Å². The number of likely N-dealkylation sites (tertiary alicyclic amines) is 1. The van der Waals surface area contributed by atoms with Crippen molar-refractivity contribution in [3.8, 4) is 0 Å². The fourth-order valence-electron chi connectivity index (χ4n) is 3.88. The zero-order valence-corrected chi connectivity index (χ0v) is 14.7. The van der Waals surface area contributed by atoms with Gasteiger partial charge in [-0.25, -0.2) is 0 Å². The summed E-state index contributed by atoms with van der Waals surface area (Å²) in [5, 5.41) is 0. The van der Waals surface area contributed by atoms with E-state index in [2.05, 4.69) is 11.8 Å². The van der Waals surface area contributed by atoms with Crippen molar-refractivity contribution in [2.75, 3.05) is 32.8 Å². The minimum atomic E-state index is 0.130. The predicted octanol–water partition coefficient (Wildman–Crippen LogP) is 2.53.